The molecule has 0 aliphatic rings. The van der Waals surface area contributed by atoms with Gasteiger partial charge in [-0.1, -0.05) is 22.0 Å². The SMILES string of the molecule is Cn1cccc1C(=O)NNC(=O)c1cccc(Br)c1. The van der Waals surface area contributed by atoms with Crippen LogP contribution in [0.1, 0.15) is 20.8 Å². The number of amides is 2. The van der Waals surface area contributed by atoms with Crippen molar-refractivity contribution in [3.8, 4) is 0 Å². The number of halogens is 1. The van der Waals surface area contributed by atoms with Gasteiger partial charge in [-0.2, -0.15) is 0 Å². The third-order valence-electron chi connectivity index (χ3n) is 2.55. The molecular formula is C13H12BrN3O2. The molecule has 0 spiro atoms. The van der Waals surface area contributed by atoms with E-state index in [1.807, 2.05) is 6.07 Å². The Kier molecular flexibility index (Phi) is 4.01. The summed E-state index contributed by atoms with van der Waals surface area (Å²) in [5.41, 5.74) is 5.66. The number of nitrogens with zero attached hydrogens (tertiary/aromatic N) is 1. The first-order valence-corrected chi connectivity index (χ1v) is 6.35. The van der Waals surface area contributed by atoms with Crippen LogP contribution in [0.25, 0.3) is 0 Å². The second kappa shape index (κ2) is 5.71. The van der Waals surface area contributed by atoms with Crippen LogP contribution in [0.2, 0.25) is 0 Å². The molecule has 0 radical (unpaired) electrons. The molecule has 0 unspecified atom stereocenters. The summed E-state index contributed by atoms with van der Waals surface area (Å²) in [6, 6.07) is 10.3. The lowest BCUT2D eigenvalue weighted by molar-refractivity contribution is 0.0842. The molecule has 98 valence electrons. The molecule has 0 fully saturated rings. The smallest absolute Gasteiger partial charge is 0.286 e. The van der Waals surface area contributed by atoms with Crippen LogP contribution in [0.5, 0.6) is 0 Å². The van der Waals surface area contributed by atoms with Gasteiger partial charge in [-0.3, -0.25) is 20.4 Å². The fourth-order valence-corrected chi connectivity index (χ4v) is 1.98. The summed E-state index contributed by atoms with van der Waals surface area (Å²) < 4.78 is 2.47. The molecule has 2 rings (SSSR count). The Morgan fingerprint density at radius 1 is 1.11 bits per heavy atom. The van der Waals surface area contributed by atoms with Crippen molar-refractivity contribution in [3.05, 3.63) is 58.3 Å². The van der Waals surface area contributed by atoms with Crippen LogP contribution >= 0.6 is 15.9 Å². The molecule has 0 saturated heterocycles. The predicted molar refractivity (Wildman–Crippen MR) is 74.5 cm³/mol. The largest absolute Gasteiger partial charge is 0.347 e. The van der Waals surface area contributed by atoms with Gasteiger partial charge in [-0.25, -0.2) is 0 Å². The third-order valence-corrected chi connectivity index (χ3v) is 3.05. The lowest BCUT2D eigenvalue weighted by Gasteiger charge is -2.08. The normalized spacial score (nSPS) is 10.0. The maximum absolute atomic E-state index is 11.8. The number of rotatable bonds is 2. The number of carbonyl (C=O) groups excluding carboxylic acids is 2. The van der Waals surface area contributed by atoms with Gasteiger partial charge in [-0.05, 0) is 30.3 Å². The van der Waals surface area contributed by atoms with E-state index >= 15 is 0 Å². The molecule has 19 heavy (non-hydrogen) atoms. The van der Waals surface area contributed by atoms with E-state index in [2.05, 4.69) is 26.8 Å². The Hall–Kier alpha value is -2.08. The molecule has 5 nitrogen and oxygen atoms in total. The first kappa shape index (κ1) is 13.4. The molecule has 1 heterocycles. The van der Waals surface area contributed by atoms with Crippen molar-refractivity contribution in [2.75, 3.05) is 0 Å². The number of nitrogens with one attached hydrogen (secondary N) is 2. The van der Waals surface area contributed by atoms with Crippen LogP contribution in [-0.4, -0.2) is 16.4 Å². The first-order valence-electron chi connectivity index (χ1n) is 5.55. The van der Waals surface area contributed by atoms with Crippen molar-refractivity contribution < 1.29 is 9.59 Å². The van der Waals surface area contributed by atoms with Gasteiger partial charge in [0.15, 0.2) is 0 Å². The quantitative estimate of drug-likeness (QED) is 0.829. The van der Waals surface area contributed by atoms with Crippen molar-refractivity contribution in [3.63, 3.8) is 0 Å². The van der Waals surface area contributed by atoms with Gasteiger partial charge < -0.3 is 4.57 Å². The highest BCUT2D eigenvalue weighted by Crippen LogP contribution is 2.11. The van der Waals surface area contributed by atoms with Crippen molar-refractivity contribution in [2.24, 2.45) is 7.05 Å². The van der Waals surface area contributed by atoms with E-state index in [-0.39, 0.29) is 11.8 Å². The van der Waals surface area contributed by atoms with Crippen molar-refractivity contribution in [1.82, 2.24) is 15.4 Å². The van der Waals surface area contributed by atoms with Gasteiger partial charge in [-0.15, -0.1) is 0 Å². The summed E-state index contributed by atoms with van der Waals surface area (Å²) in [7, 11) is 1.76. The molecule has 2 aromatic rings. The van der Waals surface area contributed by atoms with E-state index < -0.39 is 0 Å². The van der Waals surface area contributed by atoms with Gasteiger partial charge in [0.05, 0.1) is 0 Å². The molecular weight excluding hydrogens is 310 g/mol. The van der Waals surface area contributed by atoms with Crippen molar-refractivity contribution in [2.45, 2.75) is 0 Å². The second-order valence-electron chi connectivity index (χ2n) is 3.92. The van der Waals surface area contributed by atoms with Crippen LogP contribution in [0, 0.1) is 0 Å². The Morgan fingerprint density at radius 3 is 2.47 bits per heavy atom. The van der Waals surface area contributed by atoms with E-state index in [0.29, 0.717) is 11.3 Å². The third kappa shape index (κ3) is 3.23. The van der Waals surface area contributed by atoms with E-state index in [1.165, 1.54) is 0 Å². The van der Waals surface area contributed by atoms with Crippen LogP contribution in [0.3, 0.4) is 0 Å². The Balaban J connectivity index is 1.98. The second-order valence-corrected chi connectivity index (χ2v) is 4.84. The zero-order chi connectivity index (χ0) is 13.8. The topological polar surface area (TPSA) is 63.1 Å². The summed E-state index contributed by atoms with van der Waals surface area (Å²) >= 11 is 3.28. The van der Waals surface area contributed by atoms with Gasteiger partial charge in [0, 0.05) is 23.3 Å². The molecule has 0 aliphatic heterocycles. The zero-order valence-corrected chi connectivity index (χ0v) is 11.8. The molecule has 1 aromatic carbocycles. The fourth-order valence-electron chi connectivity index (χ4n) is 1.58. The Bertz CT molecular complexity index is 622. The minimum absolute atomic E-state index is 0.365. The number of hydrogen-bond acceptors (Lipinski definition) is 2. The maximum Gasteiger partial charge on any atom is 0.286 e. The summed E-state index contributed by atoms with van der Waals surface area (Å²) in [4.78, 5) is 23.6. The molecule has 0 aliphatic carbocycles. The highest BCUT2D eigenvalue weighted by Gasteiger charge is 2.11. The number of hydrazine groups is 1. The van der Waals surface area contributed by atoms with Crippen LogP contribution < -0.4 is 10.9 Å². The standard InChI is InChI=1S/C13H12BrN3O2/c1-17-7-3-6-11(17)13(19)16-15-12(18)9-4-2-5-10(14)8-9/h2-8H,1H3,(H,15,18)(H,16,19). The molecule has 0 bridgehead atoms. The summed E-state index contributed by atoms with van der Waals surface area (Å²) in [5, 5.41) is 0. The summed E-state index contributed by atoms with van der Waals surface area (Å²) in [6.07, 6.45) is 1.76. The van der Waals surface area contributed by atoms with Crippen molar-refractivity contribution in [1.29, 1.82) is 0 Å². The van der Waals surface area contributed by atoms with E-state index in [4.69, 9.17) is 0 Å². The Labute approximate surface area is 118 Å². The first-order chi connectivity index (χ1) is 9.08. The number of hydrogen-bond donors (Lipinski definition) is 2. The molecule has 0 atom stereocenters. The highest BCUT2D eigenvalue weighted by molar-refractivity contribution is 9.10. The summed E-state index contributed by atoms with van der Waals surface area (Å²) in [6.45, 7) is 0. The van der Waals surface area contributed by atoms with Gasteiger partial charge in [0.2, 0.25) is 0 Å². The lowest BCUT2D eigenvalue weighted by atomic mass is 10.2. The highest BCUT2D eigenvalue weighted by atomic mass is 79.9. The monoisotopic (exact) mass is 321 g/mol. The molecule has 2 amide bonds. The number of aryl methyl sites for hydroxylation is 1. The minimum atomic E-state index is -0.371. The average Bonchev–Trinajstić information content (AvgIpc) is 2.82. The molecule has 0 saturated carbocycles. The summed E-state index contributed by atoms with van der Waals surface area (Å²) in [5.74, 6) is -0.736. The van der Waals surface area contributed by atoms with Crippen molar-refractivity contribution >= 4 is 27.7 Å². The number of benzene rings is 1. The minimum Gasteiger partial charge on any atom is -0.347 e. The lowest BCUT2D eigenvalue weighted by Crippen LogP contribution is -2.42. The van der Waals surface area contributed by atoms with Crippen LogP contribution in [0.4, 0.5) is 0 Å². The number of aromatic nitrogens is 1. The molecule has 1 aromatic heterocycles. The van der Waals surface area contributed by atoms with Gasteiger partial charge in [0.25, 0.3) is 11.8 Å². The van der Waals surface area contributed by atoms with Crippen LogP contribution in [0.15, 0.2) is 47.1 Å². The molecule has 6 heteroatoms. The maximum atomic E-state index is 11.8. The zero-order valence-electron chi connectivity index (χ0n) is 10.2. The molecule has 2 N–H and O–H groups in total. The van der Waals surface area contributed by atoms with Gasteiger partial charge in [0.1, 0.15) is 5.69 Å². The fraction of sp³-hybridized carbons (Fsp3) is 0.0769. The average molecular weight is 322 g/mol. The predicted octanol–water partition coefficient (Wildman–Crippen LogP) is 1.86. The Morgan fingerprint density at radius 2 is 1.84 bits per heavy atom. The van der Waals surface area contributed by atoms with E-state index in [0.717, 1.165) is 4.47 Å². The van der Waals surface area contributed by atoms with E-state index in [9.17, 15) is 9.59 Å². The van der Waals surface area contributed by atoms with Crippen LogP contribution in [-0.2, 0) is 7.05 Å². The number of carbonyl (C=O) groups is 2. The van der Waals surface area contributed by atoms with Gasteiger partial charge >= 0.3 is 0 Å². The van der Waals surface area contributed by atoms with E-state index in [1.54, 1.807) is 48.1 Å².